The normalized spacial score (nSPS) is 9.86. The zero-order valence-electron chi connectivity index (χ0n) is 7.69. The first-order chi connectivity index (χ1) is 6.69. The number of hydrogen-bond donors (Lipinski definition) is 2. The van der Waals surface area contributed by atoms with Crippen LogP contribution in [0.15, 0.2) is 18.2 Å². The molecule has 0 aromatic heterocycles. The van der Waals surface area contributed by atoms with Gasteiger partial charge in [-0.25, -0.2) is 0 Å². The standard InChI is InChI=1S/C8H11N3O3/c1-14-8-4-6(5-10-9)2-3-7(8)11(12)13/h2-4,10H,5,9H2,1H3. The number of nitrogens with zero attached hydrogens (tertiary/aromatic N) is 1. The first kappa shape index (κ1) is 10.4. The second-order valence-electron chi connectivity index (χ2n) is 2.64. The molecule has 0 unspecified atom stereocenters. The number of rotatable bonds is 4. The maximum atomic E-state index is 10.5. The summed E-state index contributed by atoms with van der Waals surface area (Å²) in [6, 6.07) is 4.60. The minimum absolute atomic E-state index is 0.0479. The molecule has 14 heavy (non-hydrogen) atoms. The molecule has 1 aromatic carbocycles. The summed E-state index contributed by atoms with van der Waals surface area (Å²) >= 11 is 0. The van der Waals surface area contributed by atoms with E-state index in [9.17, 15) is 10.1 Å². The second-order valence-corrected chi connectivity index (χ2v) is 2.64. The van der Waals surface area contributed by atoms with Crippen molar-refractivity contribution in [2.45, 2.75) is 6.54 Å². The highest BCUT2D eigenvalue weighted by atomic mass is 16.6. The molecule has 0 aliphatic rings. The Bertz CT molecular complexity index is 341. The Labute approximate surface area is 80.8 Å². The van der Waals surface area contributed by atoms with E-state index < -0.39 is 4.92 Å². The van der Waals surface area contributed by atoms with E-state index in [0.29, 0.717) is 6.54 Å². The van der Waals surface area contributed by atoms with Crippen molar-refractivity contribution in [3.63, 3.8) is 0 Å². The molecule has 0 amide bonds. The summed E-state index contributed by atoms with van der Waals surface area (Å²) in [6.07, 6.45) is 0. The molecule has 0 bridgehead atoms. The van der Waals surface area contributed by atoms with Gasteiger partial charge in [0, 0.05) is 12.6 Å². The fraction of sp³-hybridized carbons (Fsp3) is 0.250. The number of benzene rings is 1. The number of nitrogens with two attached hydrogens (primary N) is 1. The SMILES string of the molecule is COc1cc(CNN)ccc1[N+](=O)[O-]. The average molecular weight is 197 g/mol. The summed E-state index contributed by atoms with van der Waals surface area (Å²) < 4.78 is 4.88. The van der Waals surface area contributed by atoms with Crippen molar-refractivity contribution in [1.29, 1.82) is 0 Å². The predicted molar refractivity (Wildman–Crippen MR) is 50.7 cm³/mol. The van der Waals surface area contributed by atoms with E-state index >= 15 is 0 Å². The van der Waals surface area contributed by atoms with Crippen LogP contribution in [0, 0.1) is 10.1 Å². The Morgan fingerprint density at radius 3 is 2.86 bits per heavy atom. The Balaban J connectivity index is 3.05. The molecule has 0 saturated heterocycles. The second kappa shape index (κ2) is 4.54. The molecule has 3 N–H and O–H groups in total. The van der Waals surface area contributed by atoms with E-state index in [1.807, 2.05) is 0 Å². The lowest BCUT2D eigenvalue weighted by atomic mass is 10.2. The van der Waals surface area contributed by atoms with E-state index in [2.05, 4.69) is 5.43 Å². The monoisotopic (exact) mass is 197 g/mol. The molecule has 76 valence electrons. The zero-order valence-corrected chi connectivity index (χ0v) is 7.69. The van der Waals surface area contributed by atoms with Crippen molar-refractivity contribution < 1.29 is 9.66 Å². The molecule has 1 aromatic rings. The third-order valence-corrected chi connectivity index (χ3v) is 1.75. The van der Waals surface area contributed by atoms with Gasteiger partial charge in [0.25, 0.3) is 0 Å². The molecule has 6 nitrogen and oxygen atoms in total. The van der Waals surface area contributed by atoms with Gasteiger partial charge in [-0.1, -0.05) is 6.07 Å². The van der Waals surface area contributed by atoms with Crippen molar-refractivity contribution in [2.24, 2.45) is 5.84 Å². The van der Waals surface area contributed by atoms with Crippen LogP contribution < -0.4 is 16.0 Å². The van der Waals surface area contributed by atoms with E-state index in [0.717, 1.165) is 5.56 Å². The molecule has 6 heteroatoms. The van der Waals surface area contributed by atoms with Crippen LogP contribution in [-0.2, 0) is 6.54 Å². The Morgan fingerprint density at radius 1 is 1.64 bits per heavy atom. The molecule has 0 heterocycles. The number of ether oxygens (including phenoxy) is 1. The van der Waals surface area contributed by atoms with Crippen LogP contribution in [0.4, 0.5) is 5.69 Å². The Hall–Kier alpha value is -1.66. The number of nitro benzene ring substituents is 1. The molecule has 1 rings (SSSR count). The minimum atomic E-state index is -0.488. The first-order valence-corrected chi connectivity index (χ1v) is 3.93. The van der Waals surface area contributed by atoms with E-state index in [-0.39, 0.29) is 11.4 Å². The maximum absolute atomic E-state index is 10.5. The molecule has 0 aliphatic carbocycles. The lowest BCUT2D eigenvalue weighted by molar-refractivity contribution is -0.385. The number of hydrazine groups is 1. The maximum Gasteiger partial charge on any atom is 0.310 e. The van der Waals surface area contributed by atoms with Crippen LogP contribution in [0.2, 0.25) is 0 Å². The number of nitrogens with one attached hydrogen (secondary N) is 1. The molecule has 0 spiro atoms. The summed E-state index contributed by atoms with van der Waals surface area (Å²) in [6.45, 7) is 0.439. The topological polar surface area (TPSA) is 90.4 Å². The van der Waals surface area contributed by atoms with Crippen molar-refractivity contribution in [3.05, 3.63) is 33.9 Å². The fourth-order valence-corrected chi connectivity index (χ4v) is 1.10. The smallest absolute Gasteiger partial charge is 0.310 e. The van der Waals surface area contributed by atoms with Crippen LogP contribution >= 0.6 is 0 Å². The van der Waals surface area contributed by atoms with Gasteiger partial charge in [0.15, 0.2) is 5.75 Å². The van der Waals surface area contributed by atoms with Gasteiger partial charge in [0.05, 0.1) is 12.0 Å². The van der Waals surface area contributed by atoms with Crippen LogP contribution in [-0.4, -0.2) is 12.0 Å². The van der Waals surface area contributed by atoms with Crippen molar-refractivity contribution in [2.75, 3.05) is 7.11 Å². The van der Waals surface area contributed by atoms with Crippen LogP contribution in [0.1, 0.15) is 5.56 Å². The van der Waals surface area contributed by atoms with Gasteiger partial charge in [-0.15, -0.1) is 0 Å². The fourth-order valence-electron chi connectivity index (χ4n) is 1.10. The average Bonchev–Trinajstić information content (AvgIpc) is 2.17. The van der Waals surface area contributed by atoms with Gasteiger partial charge in [-0.3, -0.25) is 21.4 Å². The van der Waals surface area contributed by atoms with Crippen LogP contribution in [0.3, 0.4) is 0 Å². The van der Waals surface area contributed by atoms with Gasteiger partial charge in [-0.05, 0) is 11.6 Å². The summed E-state index contributed by atoms with van der Waals surface area (Å²) in [5.74, 6) is 5.36. The molecule has 0 aliphatic heterocycles. The van der Waals surface area contributed by atoms with Crippen molar-refractivity contribution >= 4 is 5.69 Å². The molecular formula is C8H11N3O3. The summed E-state index contributed by atoms with van der Waals surface area (Å²) in [5, 5.41) is 10.5. The molecule has 0 saturated carbocycles. The largest absolute Gasteiger partial charge is 0.490 e. The zero-order chi connectivity index (χ0) is 10.6. The summed E-state index contributed by atoms with van der Waals surface area (Å²) in [7, 11) is 1.39. The van der Waals surface area contributed by atoms with Crippen molar-refractivity contribution in [1.82, 2.24) is 5.43 Å². The van der Waals surface area contributed by atoms with E-state index in [4.69, 9.17) is 10.6 Å². The first-order valence-electron chi connectivity index (χ1n) is 3.93. The van der Waals surface area contributed by atoms with Crippen LogP contribution in [0.5, 0.6) is 5.75 Å². The summed E-state index contributed by atoms with van der Waals surface area (Å²) in [5.41, 5.74) is 3.24. The Kier molecular flexibility index (Phi) is 3.38. The highest BCUT2D eigenvalue weighted by molar-refractivity contribution is 5.48. The van der Waals surface area contributed by atoms with Gasteiger partial charge >= 0.3 is 5.69 Å². The van der Waals surface area contributed by atoms with E-state index in [1.165, 1.54) is 13.2 Å². The Morgan fingerprint density at radius 2 is 2.36 bits per heavy atom. The van der Waals surface area contributed by atoms with Gasteiger partial charge in [-0.2, -0.15) is 0 Å². The lowest BCUT2D eigenvalue weighted by Gasteiger charge is -2.04. The highest BCUT2D eigenvalue weighted by Gasteiger charge is 2.13. The van der Waals surface area contributed by atoms with E-state index in [1.54, 1.807) is 12.1 Å². The van der Waals surface area contributed by atoms with Gasteiger partial charge < -0.3 is 4.74 Å². The van der Waals surface area contributed by atoms with Crippen LogP contribution in [0.25, 0.3) is 0 Å². The highest BCUT2D eigenvalue weighted by Crippen LogP contribution is 2.27. The number of methoxy groups -OCH3 is 1. The minimum Gasteiger partial charge on any atom is -0.490 e. The third kappa shape index (κ3) is 2.18. The number of hydrogen-bond acceptors (Lipinski definition) is 5. The molecule has 0 radical (unpaired) electrons. The third-order valence-electron chi connectivity index (χ3n) is 1.75. The van der Waals surface area contributed by atoms with Crippen molar-refractivity contribution in [3.8, 4) is 5.75 Å². The quantitative estimate of drug-likeness (QED) is 0.418. The summed E-state index contributed by atoms with van der Waals surface area (Å²) in [4.78, 5) is 10.0. The lowest BCUT2D eigenvalue weighted by Crippen LogP contribution is -2.20. The van der Waals surface area contributed by atoms with Gasteiger partial charge in [0.2, 0.25) is 0 Å². The molecular weight excluding hydrogens is 186 g/mol. The molecule has 0 fully saturated rings. The molecule has 0 atom stereocenters. The predicted octanol–water partition coefficient (Wildman–Crippen LogP) is 0.567. The van der Waals surface area contributed by atoms with Gasteiger partial charge in [0.1, 0.15) is 0 Å². The number of nitro groups is 1.